The van der Waals surface area contributed by atoms with Crippen molar-refractivity contribution in [1.82, 2.24) is 4.40 Å². The van der Waals surface area contributed by atoms with E-state index in [0.717, 1.165) is 78.0 Å². The van der Waals surface area contributed by atoms with E-state index in [-0.39, 0.29) is 0 Å². The number of aromatic nitrogens is 1. The summed E-state index contributed by atoms with van der Waals surface area (Å²) in [5, 5.41) is 11.8. The molecule has 0 bridgehead atoms. The van der Waals surface area contributed by atoms with Gasteiger partial charge in [-0.1, -0.05) is 103 Å². The minimum absolute atomic E-state index is 0.883. The van der Waals surface area contributed by atoms with Crippen LogP contribution in [0.4, 0.5) is 34.1 Å². The summed E-state index contributed by atoms with van der Waals surface area (Å²) in [6.45, 7) is 0. The highest BCUT2D eigenvalue weighted by molar-refractivity contribution is 6.32. The zero-order valence-corrected chi connectivity index (χ0v) is 33.9. The van der Waals surface area contributed by atoms with Gasteiger partial charge in [0.05, 0.1) is 16.6 Å². The molecule has 14 aromatic rings. The molecule has 0 fully saturated rings. The van der Waals surface area contributed by atoms with Crippen LogP contribution in [0.25, 0.3) is 92.7 Å². The van der Waals surface area contributed by atoms with Crippen LogP contribution in [0.2, 0.25) is 0 Å². The average molecular weight is 806 g/mol. The van der Waals surface area contributed by atoms with Gasteiger partial charge >= 0.3 is 0 Å². The highest BCUT2D eigenvalue weighted by Crippen LogP contribution is 2.47. The van der Waals surface area contributed by atoms with E-state index in [0.29, 0.717) is 0 Å². The summed E-state index contributed by atoms with van der Waals surface area (Å²) >= 11 is 0. The first-order chi connectivity index (χ1) is 31.2. The van der Waals surface area contributed by atoms with Crippen LogP contribution >= 0.6 is 0 Å². The molecule has 5 nitrogen and oxygen atoms in total. The summed E-state index contributed by atoms with van der Waals surface area (Å²) in [5.41, 5.74) is 13.6. The molecule has 0 saturated carbocycles. The molecule has 4 aromatic heterocycles. The van der Waals surface area contributed by atoms with E-state index in [2.05, 4.69) is 202 Å². The number of hydrogen-bond acceptors (Lipinski definition) is 4. The van der Waals surface area contributed by atoms with Crippen molar-refractivity contribution in [2.45, 2.75) is 0 Å². The lowest BCUT2D eigenvalue weighted by Gasteiger charge is -2.26. The Morgan fingerprint density at radius 2 is 0.762 bits per heavy atom. The quantitative estimate of drug-likeness (QED) is 0.168. The molecule has 0 N–H and O–H groups in total. The van der Waals surface area contributed by atoms with Crippen molar-refractivity contribution in [2.24, 2.45) is 0 Å². The highest BCUT2D eigenvalue weighted by Gasteiger charge is 2.24. The van der Waals surface area contributed by atoms with Gasteiger partial charge in [-0.05, 0) is 120 Å². The average Bonchev–Trinajstić information content (AvgIpc) is 4.09. The first kappa shape index (κ1) is 34.2. The molecule has 0 amide bonds. The fourth-order valence-electron chi connectivity index (χ4n) is 10.3. The number of nitrogens with zero attached hydrogens (tertiary/aromatic N) is 3. The van der Waals surface area contributed by atoms with Crippen molar-refractivity contribution in [2.75, 3.05) is 9.80 Å². The molecule has 0 radical (unpaired) electrons. The summed E-state index contributed by atoms with van der Waals surface area (Å²) in [6, 6.07) is 76.1. The van der Waals surface area contributed by atoms with E-state index in [1.54, 1.807) is 0 Å². The summed E-state index contributed by atoms with van der Waals surface area (Å²) in [6.07, 6.45) is 0. The summed E-state index contributed by atoms with van der Waals surface area (Å²) < 4.78 is 15.0. The predicted molar refractivity (Wildman–Crippen MR) is 263 cm³/mol. The smallest absolute Gasteiger partial charge is 0.135 e. The summed E-state index contributed by atoms with van der Waals surface area (Å²) in [5.74, 6) is 0. The maximum atomic E-state index is 6.26. The van der Waals surface area contributed by atoms with Crippen LogP contribution in [0.15, 0.2) is 221 Å². The lowest BCUT2D eigenvalue weighted by atomic mass is 9.99. The second kappa shape index (κ2) is 13.0. The van der Waals surface area contributed by atoms with Crippen molar-refractivity contribution >= 4 is 127 Å². The van der Waals surface area contributed by atoms with Crippen LogP contribution in [-0.2, 0) is 0 Å². The molecule has 10 aromatic carbocycles. The van der Waals surface area contributed by atoms with Crippen LogP contribution in [0.1, 0.15) is 0 Å². The van der Waals surface area contributed by atoms with Gasteiger partial charge in [0.2, 0.25) is 0 Å². The monoisotopic (exact) mass is 805 g/mol. The van der Waals surface area contributed by atoms with Gasteiger partial charge in [0.1, 0.15) is 22.3 Å². The third-order valence-electron chi connectivity index (χ3n) is 13.0. The molecular weight excluding hydrogens is 771 g/mol. The van der Waals surface area contributed by atoms with Gasteiger partial charge in [0.25, 0.3) is 0 Å². The molecule has 0 spiro atoms. The largest absolute Gasteiger partial charge is 0.456 e. The topological polar surface area (TPSA) is 37.2 Å². The standard InChI is InChI=1S/C58H35N3O2/c1-3-13-37(14-4-1)59(40-26-29-55-48(33-40)44-17-8-11-21-53(44)62-55)39-24-23-36-31-50-43-28-25-42(35-52(43)61-51-20-10-7-19-46(51)57(58(50)61)47(36)32-39)60(38-15-5-2-6-16-38)41-27-30-56-49(34-41)45-18-9-12-22-54(45)63-56/h1-35H. The van der Waals surface area contributed by atoms with Crippen LogP contribution < -0.4 is 9.80 Å². The number of rotatable bonds is 6. The Morgan fingerprint density at radius 1 is 0.286 bits per heavy atom. The fourth-order valence-corrected chi connectivity index (χ4v) is 10.3. The van der Waals surface area contributed by atoms with Crippen LogP contribution in [0, 0.1) is 0 Å². The van der Waals surface area contributed by atoms with Gasteiger partial charge in [0, 0.05) is 77.2 Å². The molecule has 0 saturated heterocycles. The number of anilines is 6. The number of hydrogen-bond donors (Lipinski definition) is 0. The van der Waals surface area contributed by atoms with E-state index >= 15 is 0 Å². The van der Waals surface area contributed by atoms with Gasteiger partial charge in [-0.2, -0.15) is 0 Å². The molecule has 294 valence electrons. The minimum atomic E-state index is 0.883. The molecule has 4 heterocycles. The third-order valence-corrected chi connectivity index (χ3v) is 13.0. The van der Waals surface area contributed by atoms with E-state index in [4.69, 9.17) is 8.83 Å². The van der Waals surface area contributed by atoms with Crippen LogP contribution in [0.5, 0.6) is 0 Å². The number of benzene rings is 10. The Balaban J connectivity index is 0.993. The van der Waals surface area contributed by atoms with Crippen molar-refractivity contribution in [3.05, 3.63) is 212 Å². The van der Waals surface area contributed by atoms with Crippen molar-refractivity contribution in [1.29, 1.82) is 0 Å². The normalized spacial score (nSPS) is 12.1. The predicted octanol–water partition coefficient (Wildman–Crippen LogP) is 16.7. The van der Waals surface area contributed by atoms with E-state index < -0.39 is 0 Å². The molecule has 0 unspecified atom stereocenters. The Labute approximate surface area is 360 Å². The van der Waals surface area contributed by atoms with Crippen LogP contribution in [0.3, 0.4) is 0 Å². The van der Waals surface area contributed by atoms with Crippen molar-refractivity contribution in [3.8, 4) is 0 Å². The zero-order chi connectivity index (χ0) is 41.2. The first-order valence-electron chi connectivity index (χ1n) is 21.4. The molecule has 0 atom stereocenters. The minimum Gasteiger partial charge on any atom is -0.456 e. The van der Waals surface area contributed by atoms with Crippen molar-refractivity contribution in [3.63, 3.8) is 0 Å². The molecule has 63 heavy (non-hydrogen) atoms. The van der Waals surface area contributed by atoms with Gasteiger partial charge < -0.3 is 23.0 Å². The third kappa shape index (κ3) is 4.99. The maximum Gasteiger partial charge on any atom is 0.135 e. The SMILES string of the molecule is c1ccc(N(c2ccc3oc4ccccc4c3c2)c2ccc3cc4c5ccc(N(c6ccccc6)c6ccc7oc8ccccc8c7c6)cc5n5c6ccccc6c(c3c2)c45)cc1. The Bertz CT molecular complexity index is 3930. The second-order valence-electron chi connectivity index (χ2n) is 16.5. The highest BCUT2D eigenvalue weighted by atomic mass is 16.3. The number of fused-ring (bicyclic) bond motifs is 14. The fraction of sp³-hybridized carbons (Fsp3) is 0. The molecule has 0 aliphatic rings. The van der Waals surface area contributed by atoms with Crippen molar-refractivity contribution < 1.29 is 8.83 Å². The molecule has 0 aliphatic heterocycles. The second-order valence-corrected chi connectivity index (χ2v) is 16.5. The molecular formula is C58H35N3O2. The Hall–Kier alpha value is -8.54. The number of para-hydroxylation sites is 5. The van der Waals surface area contributed by atoms with E-state index in [1.807, 2.05) is 24.3 Å². The van der Waals surface area contributed by atoms with E-state index in [1.165, 1.54) is 48.9 Å². The van der Waals surface area contributed by atoms with Gasteiger partial charge in [-0.25, -0.2) is 0 Å². The Kier molecular flexibility index (Phi) is 7.05. The Morgan fingerprint density at radius 3 is 1.38 bits per heavy atom. The van der Waals surface area contributed by atoms with Gasteiger partial charge in [0.15, 0.2) is 0 Å². The first-order valence-corrected chi connectivity index (χ1v) is 21.4. The van der Waals surface area contributed by atoms with Crippen LogP contribution in [-0.4, -0.2) is 4.40 Å². The molecule has 14 rings (SSSR count). The molecule has 0 aliphatic carbocycles. The lowest BCUT2D eigenvalue weighted by Crippen LogP contribution is -2.09. The summed E-state index contributed by atoms with van der Waals surface area (Å²) in [7, 11) is 0. The zero-order valence-electron chi connectivity index (χ0n) is 33.9. The molecule has 5 heteroatoms. The summed E-state index contributed by atoms with van der Waals surface area (Å²) in [4.78, 5) is 4.72. The van der Waals surface area contributed by atoms with Gasteiger partial charge in [-0.15, -0.1) is 0 Å². The number of furan rings is 2. The van der Waals surface area contributed by atoms with Gasteiger partial charge in [-0.3, -0.25) is 0 Å². The maximum absolute atomic E-state index is 6.26. The lowest BCUT2D eigenvalue weighted by molar-refractivity contribution is 0.668. The van der Waals surface area contributed by atoms with E-state index in [9.17, 15) is 0 Å².